The largest absolute Gasteiger partial charge is 0.480 e. The second kappa shape index (κ2) is 35.8. The molecule has 570 valence electrons. The monoisotopic (exact) mass is 1530 g/mol. The van der Waals surface area contributed by atoms with Crippen LogP contribution in [0, 0.1) is 68.0 Å². The Bertz CT molecular complexity index is 2650. The molecule has 22 nitrogen and oxygen atoms in total. The number of methoxy groups -OCH3 is 3. The number of esters is 10. The van der Waals surface area contributed by atoms with Crippen molar-refractivity contribution in [2.45, 2.75) is 310 Å². The van der Waals surface area contributed by atoms with Gasteiger partial charge >= 0.3 is 65.7 Å². The Kier molecular flexibility index (Phi) is 34.8. The number of carboxylic acids is 1. The standard InChI is InChI=1S/C14H24O4.C12H20O4.C11H20O4.C10H16O4.C10H18O2.2C7H12O2.C3H6Br2/c1-9-8-14(9,10(15)17-12(2,3)4)11(16)18-13(5,6)7;1-8-6-12(8,10(14)15-5)7-9(13)16-11(2,3)4;1-10(2,3)14-8(12)7-9(13)15-11(4,5)6;1-6-5-10(6,7(11)12)8(13)14-9(2,3)4;1-7-6-10(7,5)8(11)12-9(2,3)4;2*1-5-4-7(5,2)6(8)9-3;1-3(5)2-4/h9H,8H2,1-7H3;8H,6-7H2,1-5H3;7H2,1-6H3;6H,5H2,1-4H3,(H,11,12);7H,6H2,1-5H3;2*5H,4H2,1-3H3;3H,2H2,1H3/t;;;;;5-,7+;;/m.....1../s1. The molecule has 0 aromatic carbocycles. The van der Waals surface area contributed by atoms with Crippen LogP contribution in [0.4, 0.5) is 0 Å². The number of hydrogen-bond donors (Lipinski definition) is 1. The van der Waals surface area contributed by atoms with E-state index in [-0.39, 0.29) is 82.3 Å². The molecule has 24 heteroatoms. The van der Waals surface area contributed by atoms with E-state index in [1.807, 2.05) is 76.2 Å². The lowest BCUT2D eigenvalue weighted by molar-refractivity contribution is -0.178. The number of carboxylic acid groups (broad SMARTS) is 1. The van der Waals surface area contributed by atoms with Crippen LogP contribution < -0.4 is 0 Å². The van der Waals surface area contributed by atoms with E-state index in [4.69, 9.17) is 43.0 Å². The van der Waals surface area contributed by atoms with Crippen molar-refractivity contribution in [3.05, 3.63) is 0 Å². The van der Waals surface area contributed by atoms with Crippen LogP contribution in [0.5, 0.6) is 0 Å². The molecule has 0 saturated heterocycles. The number of ether oxygens (including phenoxy) is 10. The summed E-state index contributed by atoms with van der Waals surface area (Å²) in [7, 11) is 4.24. The van der Waals surface area contributed by atoms with E-state index in [0.717, 1.165) is 24.6 Å². The summed E-state index contributed by atoms with van der Waals surface area (Å²) in [4.78, 5) is 126. The second-order valence-electron chi connectivity index (χ2n) is 34.8. The summed E-state index contributed by atoms with van der Waals surface area (Å²) in [6.07, 6.45) is 4.33. The van der Waals surface area contributed by atoms with E-state index in [2.05, 4.69) is 69.0 Å². The minimum atomic E-state index is -1.27. The molecule has 0 spiro atoms. The van der Waals surface area contributed by atoms with E-state index in [1.165, 1.54) is 21.3 Å². The lowest BCUT2D eigenvalue weighted by Gasteiger charge is -2.26. The predicted molar refractivity (Wildman–Crippen MR) is 380 cm³/mol. The fourth-order valence-corrected chi connectivity index (χ4v) is 9.53. The van der Waals surface area contributed by atoms with E-state index in [9.17, 15) is 52.7 Å². The first-order valence-corrected chi connectivity index (χ1v) is 35.9. The van der Waals surface area contributed by atoms with Crippen LogP contribution in [0.1, 0.15) is 266 Å². The summed E-state index contributed by atoms with van der Waals surface area (Å²) in [6, 6.07) is 0. The first-order valence-electron chi connectivity index (χ1n) is 33.8. The van der Waals surface area contributed by atoms with E-state index >= 15 is 0 Å². The summed E-state index contributed by atoms with van der Waals surface area (Å²) >= 11 is 6.59. The zero-order valence-corrected chi connectivity index (χ0v) is 69.4. The van der Waals surface area contributed by atoms with Gasteiger partial charge in [-0.1, -0.05) is 80.3 Å². The molecule has 6 fully saturated rings. The van der Waals surface area contributed by atoms with E-state index in [1.54, 1.807) is 111 Å². The van der Waals surface area contributed by atoms with E-state index < -0.39 is 85.7 Å². The van der Waals surface area contributed by atoms with Gasteiger partial charge < -0.3 is 52.5 Å². The van der Waals surface area contributed by atoms with Gasteiger partial charge in [0.05, 0.1) is 49.4 Å². The number of carbonyl (C=O) groups is 11. The van der Waals surface area contributed by atoms with Crippen LogP contribution in [-0.4, -0.2) is 141 Å². The van der Waals surface area contributed by atoms with E-state index in [0.29, 0.717) is 41.8 Å². The molecule has 6 aliphatic carbocycles. The van der Waals surface area contributed by atoms with Crippen LogP contribution in [0.2, 0.25) is 0 Å². The highest BCUT2D eigenvalue weighted by Crippen LogP contribution is 2.58. The average Bonchev–Trinajstić information content (AvgIpc) is 1.59. The molecule has 1 N–H and O–H groups in total. The maximum absolute atomic E-state index is 12.2. The Morgan fingerprint density at radius 2 is 0.582 bits per heavy atom. The van der Waals surface area contributed by atoms with Crippen molar-refractivity contribution in [2.24, 2.45) is 68.0 Å². The Morgan fingerprint density at radius 3 is 0.755 bits per heavy atom. The fraction of sp³-hybridized carbons (Fsp3) is 0.851. The van der Waals surface area contributed by atoms with Crippen molar-refractivity contribution in [3.63, 3.8) is 0 Å². The number of alkyl halides is 2. The van der Waals surface area contributed by atoms with Gasteiger partial charge in [0.15, 0.2) is 10.8 Å². The molecular weight excluding hydrogens is 1400 g/mol. The molecule has 6 aliphatic rings. The normalized spacial score (nSPS) is 27.4. The third-order valence-corrected chi connectivity index (χ3v) is 18.9. The van der Waals surface area contributed by atoms with Gasteiger partial charge in [0.25, 0.3) is 0 Å². The average molecular weight is 1530 g/mol. The highest BCUT2D eigenvalue weighted by atomic mass is 79.9. The fourth-order valence-electron chi connectivity index (χ4n) is 9.53. The smallest absolute Gasteiger partial charge is 0.324 e. The molecular formula is C74H128Br2O22. The Hall–Kier alpha value is -4.87. The second-order valence-corrected chi connectivity index (χ2v) is 37.0. The Balaban J connectivity index is 0. The lowest BCUT2D eigenvalue weighted by Crippen LogP contribution is -2.39. The number of carbonyl (C=O) groups excluding carboxylic acids is 10. The zero-order chi connectivity index (χ0) is 78.3. The molecule has 0 aliphatic heterocycles. The first-order chi connectivity index (χ1) is 43.5. The van der Waals surface area contributed by atoms with Crippen LogP contribution in [0.3, 0.4) is 0 Å². The molecule has 10 unspecified atom stereocenters. The predicted octanol–water partition coefficient (Wildman–Crippen LogP) is 15.1. The molecule has 12 atom stereocenters. The summed E-state index contributed by atoms with van der Waals surface area (Å²) < 4.78 is 50.2. The first kappa shape index (κ1) is 95.2. The Labute approximate surface area is 604 Å². The zero-order valence-electron chi connectivity index (χ0n) is 66.2. The van der Waals surface area contributed by atoms with Crippen LogP contribution in [-0.2, 0) is 100 Å². The van der Waals surface area contributed by atoms with Crippen molar-refractivity contribution < 1.29 is 105 Å². The molecule has 6 saturated carbocycles. The van der Waals surface area contributed by atoms with Gasteiger partial charge in [-0.3, -0.25) is 52.7 Å². The Morgan fingerprint density at radius 1 is 0.367 bits per heavy atom. The minimum Gasteiger partial charge on any atom is -0.480 e. The number of hydrogen-bond acceptors (Lipinski definition) is 21. The van der Waals surface area contributed by atoms with Crippen molar-refractivity contribution in [1.29, 1.82) is 0 Å². The van der Waals surface area contributed by atoms with Crippen molar-refractivity contribution in [2.75, 3.05) is 26.7 Å². The summed E-state index contributed by atoms with van der Waals surface area (Å²) in [5, 5.41) is 9.98. The van der Waals surface area contributed by atoms with Gasteiger partial charge in [0, 0.05) is 10.2 Å². The molecule has 0 aromatic heterocycles. The number of halogens is 2. The van der Waals surface area contributed by atoms with Gasteiger partial charge in [-0.15, -0.1) is 0 Å². The molecule has 0 radical (unpaired) electrons. The SMILES string of the molecule is CC(Br)CBr.CC(C)(C)OC(=O)CC(=O)OC(C)(C)C.CC1CC1(C(=O)O)C(=O)OC(C)(C)C.CC1CC1(C(=O)OC(C)(C)C)C(=O)OC(C)(C)C.CC1CC1(C)C(=O)OC(C)(C)C.COC(=O)C1(C)CC1C.COC(=O)C1(CC(=O)OC(C)(C)C)CC1C.COC(=O)[C@@]1(C)C[C@H]1C. The maximum atomic E-state index is 12.2. The van der Waals surface area contributed by atoms with Crippen LogP contribution in [0.15, 0.2) is 0 Å². The van der Waals surface area contributed by atoms with Gasteiger partial charge in [0.2, 0.25) is 0 Å². The van der Waals surface area contributed by atoms with Gasteiger partial charge in [0.1, 0.15) is 45.6 Å². The third-order valence-electron chi connectivity index (χ3n) is 16.7. The molecule has 0 amide bonds. The molecule has 0 bridgehead atoms. The topological polar surface area (TPSA) is 300 Å². The van der Waals surface area contributed by atoms with Crippen LogP contribution >= 0.6 is 31.9 Å². The highest BCUT2D eigenvalue weighted by Gasteiger charge is 2.68. The van der Waals surface area contributed by atoms with Gasteiger partial charge in [-0.25, -0.2) is 0 Å². The van der Waals surface area contributed by atoms with Gasteiger partial charge in [-0.05, 0) is 240 Å². The summed E-state index contributed by atoms with van der Waals surface area (Å²) in [5.41, 5.74) is -7.25. The third kappa shape index (κ3) is 33.3. The highest BCUT2D eigenvalue weighted by molar-refractivity contribution is 9.12. The van der Waals surface area contributed by atoms with Crippen molar-refractivity contribution in [3.8, 4) is 0 Å². The maximum Gasteiger partial charge on any atom is 0.324 e. The summed E-state index contributed by atoms with van der Waals surface area (Å²) in [6.45, 7) is 57.3. The number of aliphatic carboxylic acids is 1. The lowest BCUT2D eigenvalue weighted by atomic mass is 10.00. The number of rotatable bonds is 13. The molecule has 0 aromatic rings. The summed E-state index contributed by atoms with van der Waals surface area (Å²) in [5.74, 6) is -2.90. The molecule has 0 heterocycles. The van der Waals surface area contributed by atoms with Crippen LogP contribution in [0.25, 0.3) is 0 Å². The molecule has 98 heavy (non-hydrogen) atoms. The molecule has 6 rings (SSSR count). The van der Waals surface area contributed by atoms with Crippen molar-refractivity contribution >= 4 is 97.5 Å². The van der Waals surface area contributed by atoms with Gasteiger partial charge in [-0.2, -0.15) is 0 Å². The minimum absolute atomic E-state index is 0.0119. The quantitative estimate of drug-likeness (QED) is 0.0775. The van der Waals surface area contributed by atoms with Crippen molar-refractivity contribution in [1.82, 2.24) is 0 Å².